The van der Waals surface area contributed by atoms with Crippen LogP contribution in [0.15, 0.2) is 23.1 Å². The lowest BCUT2D eigenvalue weighted by atomic mass is 10.1. The molecule has 0 saturated carbocycles. The highest BCUT2D eigenvalue weighted by atomic mass is 32.2. The van der Waals surface area contributed by atoms with Gasteiger partial charge in [0, 0.05) is 13.0 Å². The zero-order valence-electron chi connectivity index (χ0n) is 16.1. The summed E-state index contributed by atoms with van der Waals surface area (Å²) in [5.41, 5.74) is 0.809. The van der Waals surface area contributed by atoms with Crippen LogP contribution < -0.4 is 9.47 Å². The molecule has 1 fully saturated rings. The Balaban J connectivity index is 2.06. The molecule has 0 radical (unpaired) electrons. The third kappa shape index (κ3) is 6.24. The van der Waals surface area contributed by atoms with E-state index in [0.29, 0.717) is 40.3 Å². The molecule has 1 N–H and O–H groups in total. The van der Waals surface area contributed by atoms with Gasteiger partial charge in [-0.2, -0.15) is 0 Å². The zero-order chi connectivity index (χ0) is 20.5. The Hall–Kier alpha value is -2.06. The summed E-state index contributed by atoms with van der Waals surface area (Å²) >= 11 is 6.49. The van der Waals surface area contributed by atoms with E-state index < -0.39 is 5.97 Å². The summed E-state index contributed by atoms with van der Waals surface area (Å²) in [7, 11) is 1.58. The number of methoxy groups -OCH3 is 1. The molecule has 28 heavy (non-hydrogen) atoms. The maximum atomic E-state index is 12.6. The number of carbonyl (C=O) groups excluding carboxylic acids is 1. The van der Waals surface area contributed by atoms with Crippen molar-refractivity contribution in [3.05, 3.63) is 28.7 Å². The number of carboxylic acid groups (broad SMARTS) is 1. The number of aliphatic carboxylic acids is 1. The average molecular weight is 424 g/mol. The van der Waals surface area contributed by atoms with Crippen LogP contribution in [0.1, 0.15) is 44.6 Å². The minimum Gasteiger partial charge on any atom is -0.493 e. The minimum absolute atomic E-state index is 0.00697. The number of thioether (sulfide) groups is 1. The Labute approximate surface area is 174 Å². The molecule has 0 unspecified atom stereocenters. The molecule has 2 rings (SSSR count). The lowest BCUT2D eigenvalue weighted by Gasteiger charge is -2.13. The molecule has 1 heterocycles. The van der Waals surface area contributed by atoms with Crippen LogP contribution in [0, 0.1) is 0 Å². The Bertz CT molecular complexity index is 763. The first kappa shape index (κ1) is 22.2. The Kier molecular flexibility index (Phi) is 8.79. The molecular formula is C20H25NO5S2. The third-order valence-electron chi connectivity index (χ3n) is 4.14. The van der Waals surface area contributed by atoms with E-state index in [-0.39, 0.29) is 12.3 Å². The summed E-state index contributed by atoms with van der Waals surface area (Å²) < 4.78 is 11.6. The van der Waals surface area contributed by atoms with Crippen LogP contribution in [0.3, 0.4) is 0 Å². The SMILES string of the molecule is CCCCCOc1ccc(/C=C2\SC(=S)N(CCCC(=O)O)C2=O)cc1OC. The van der Waals surface area contributed by atoms with Crippen LogP contribution in [0.4, 0.5) is 0 Å². The number of nitrogens with zero attached hydrogens (tertiary/aromatic N) is 1. The highest BCUT2D eigenvalue weighted by Crippen LogP contribution is 2.35. The van der Waals surface area contributed by atoms with Crippen LogP contribution in [-0.2, 0) is 9.59 Å². The second-order valence-corrected chi connectivity index (χ2v) is 7.97. The second kappa shape index (κ2) is 11.1. The molecule has 8 heteroatoms. The summed E-state index contributed by atoms with van der Waals surface area (Å²) in [4.78, 5) is 25.2. The first-order chi connectivity index (χ1) is 13.5. The Morgan fingerprint density at radius 3 is 2.75 bits per heavy atom. The number of rotatable bonds is 11. The van der Waals surface area contributed by atoms with Gasteiger partial charge in [-0.05, 0) is 36.6 Å². The van der Waals surface area contributed by atoms with E-state index in [1.165, 1.54) is 16.7 Å². The fraction of sp³-hybridized carbons (Fsp3) is 0.450. The minimum atomic E-state index is -0.884. The molecule has 0 atom stereocenters. The number of hydrogen-bond donors (Lipinski definition) is 1. The highest BCUT2D eigenvalue weighted by molar-refractivity contribution is 8.26. The predicted molar refractivity (Wildman–Crippen MR) is 115 cm³/mol. The molecule has 152 valence electrons. The summed E-state index contributed by atoms with van der Waals surface area (Å²) in [6, 6.07) is 5.53. The number of hydrogen-bond acceptors (Lipinski definition) is 6. The van der Waals surface area contributed by atoms with Gasteiger partial charge in [0.2, 0.25) is 0 Å². The van der Waals surface area contributed by atoms with E-state index in [1.807, 2.05) is 18.2 Å². The largest absolute Gasteiger partial charge is 0.493 e. The molecule has 0 aliphatic carbocycles. The fourth-order valence-electron chi connectivity index (χ4n) is 2.66. The summed E-state index contributed by atoms with van der Waals surface area (Å²) in [5.74, 6) is 0.212. The van der Waals surface area contributed by atoms with Crippen LogP contribution in [0.5, 0.6) is 11.5 Å². The van der Waals surface area contributed by atoms with E-state index in [9.17, 15) is 9.59 Å². The fourth-order valence-corrected chi connectivity index (χ4v) is 3.97. The van der Waals surface area contributed by atoms with Gasteiger partial charge in [-0.15, -0.1) is 0 Å². The molecule has 1 aromatic rings. The van der Waals surface area contributed by atoms with E-state index in [1.54, 1.807) is 13.2 Å². The predicted octanol–water partition coefficient (Wildman–Crippen LogP) is 4.33. The number of thiocarbonyl (C=S) groups is 1. The van der Waals surface area contributed by atoms with Gasteiger partial charge in [0.1, 0.15) is 4.32 Å². The number of unbranched alkanes of at least 4 members (excludes halogenated alkanes) is 2. The number of ether oxygens (including phenoxy) is 2. The van der Waals surface area contributed by atoms with E-state index in [0.717, 1.165) is 24.8 Å². The van der Waals surface area contributed by atoms with Gasteiger partial charge in [0.15, 0.2) is 11.5 Å². The number of carbonyl (C=O) groups is 2. The molecule has 0 bridgehead atoms. The van der Waals surface area contributed by atoms with Crippen molar-refractivity contribution in [3.8, 4) is 11.5 Å². The lowest BCUT2D eigenvalue weighted by molar-refractivity contribution is -0.137. The summed E-state index contributed by atoms with van der Waals surface area (Å²) in [6.07, 6.45) is 5.38. The normalized spacial score (nSPS) is 15.4. The maximum absolute atomic E-state index is 12.6. The highest BCUT2D eigenvalue weighted by Gasteiger charge is 2.31. The van der Waals surface area contributed by atoms with Gasteiger partial charge in [-0.3, -0.25) is 14.5 Å². The summed E-state index contributed by atoms with van der Waals surface area (Å²) in [5, 5.41) is 8.74. The van der Waals surface area contributed by atoms with Crippen molar-refractivity contribution in [2.45, 2.75) is 39.0 Å². The van der Waals surface area contributed by atoms with Crippen LogP contribution in [-0.4, -0.2) is 46.5 Å². The van der Waals surface area contributed by atoms with Gasteiger partial charge in [0.25, 0.3) is 5.91 Å². The lowest BCUT2D eigenvalue weighted by Crippen LogP contribution is -2.29. The molecule has 1 aliphatic heterocycles. The summed E-state index contributed by atoms with van der Waals surface area (Å²) in [6.45, 7) is 3.09. The smallest absolute Gasteiger partial charge is 0.303 e. The topological polar surface area (TPSA) is 76.1 Å². The van der Waals surface area contributed by atoms with Crippen LogP contribution in [0.2, 0.25) is 0 Å². The quantitative estimate of drug-likeness (QED) is 0.322. The number of amides is 1. The van der Waals surface area contributed by atoms with E-state index in [2.05, 4.69) is 6.92 Å². The van der Waals surface area contributed by atoms with Gasteiger partial charge >= 0.3 is 5.97 Å². The van der Waals surface area contributed by atoms with Crippen molar-refractivity contribution in [2.24, 2.45) is 0 Å². The second-order valence-electron chi connectivity index (χ2n) is 6.30. The number of carboxylic acids is 1. The van der Waals surface area contributed by atoms with E-state index >= 15 is 0 Å². The Morgan fingerprint density at radius 1 is 1.29 bits per heavy atom. The van der Waals surface area contributed by atoms with E-state index in [4.69, 9.17) is 26.8 Å². The molecule has 1 aromatic carbocycles. The van der Waals surface area contributed by atoms with Gasteiger partial charge in [-0.25, -0.2) is 0 Å². The Morgan fingerprint density at radius 2 is 2.07 bits per heavy atom. The molecular weight excluding hydrogens is 398 g/mol. The first-order valence-corrected chi connectivity index (χ1v) is 10.5. The monoisotopic (exact) mass is 423 g/mol. The number of benzene rings is 1. The van der Waals surface area contributed by atoms with Gasteiger partial charge < -0.3 is 14.6 Å². The first-order valence-electron chi connectivity index (χ1n) is 9.24. The van der Waals surface area contributed by atoms with Crippen molar-refractivity contribution in [3.63, 3.8) is 0 Å². The molecule has 1 saturated heterocycles. The standard InChI is InChI=1S/C20H25NO5S2/c1-3-4-5-11-26-15-9-8-14(12-16(15)25-2)13-17-19(24)21(20(27)28-17)10-6-7-18(22)23/h8-9,12-13H,3-7,10-11H2,1-2H3,(H,22,23)/b17-13-. The molecule has 1 amide bonds. The van der Waals surface area contributed by atoms with Crippen molar-refractivity contribution >= 4 is 46.3 Å². The van der Waals surface area contributed by atoms with Crippen molar-refractivity contribution in [1.82, 2.24) is 4.90 Å². The van der Waals surface area contributed by atoms with Crippen LogP contribution >= 0.6 is 24.0 Å². The van der Waals surface area contributed by atoms with Crippen molar-refractivity contribution < 1.29 is 24.2 Å². The zero-order valence-corrected chi connectivity index (χ0v) is 17.7. The molecule has 0 spiro atoms. The van der Waals surface area contributed by atoms with Crippen LogP contribution in [0.25, 0.3) is 6.08 Å². The van der Waals surface area contributed by atoms with Gasteiger partial charge in [-0.1, -0.05) is 49.8 Å². The molecule has 1 aliphatic rings. The average Bonchev–Trinajstić information content (AvgIpc) is 2.93. The molecule has 0 aromatic heterocycles. The third-order valence-corrected chi connectivity index (χ3v) is 5.51. The molecule has 6 nitrogen and oxygen atoms in total. The van der Waals surface area contributed by atoms with Crippen molar-refractivity contribution in [1.29, 1.82) is 0 Å². The van der Waals surface area contributed by atoms with Gasteiger partial charge in [0.05, 0.1) is 18.6 Å². The van der Waals surface area contributed by atoms with Crippen molar-refractivity contribution in [2.75, 3.05) is 20.3 Å². The maximum Gasteiger partial charge on any atom is 0.303 e.